The molecular formula is C12H14ClN3O2. The van der Waals surface area contributed by atoms with Gasteiger partial charge in [0.05, 0.1) is 0 Å². The molecule has 0 bridgehead atoms. The van der Waals surface area contributed by atoms with Gasteiger partial charge in [-0.3, -0.25) is 0 Å². The maximum Gasteiger partial charge on any atom is 0.342 e. The van der Waals surface area contributed by atoms with Crippen molar-refractivity contribution in [2.24, 2.45) is 5.10 Å². The van der Waals surface area contributed by atoms with Gasteiger partial charge in [-0.2, -0.15) is 5.10 Å². The quantitative estimate of drug-likeness (QED) is 0.627. The van der Waals surface area contributed by atoms with E-state index < -0.39 is 12.1 Å². The second-order valence-corrected chi connectivity index (χ2v) is 4.19. The number of hydrogen-bond acceptors (Lipinski definition) is 3. The topological polar surface area (TPSA) is 61.8 Å². The number of hydrazone groups is 1. The molecule has 0 aromatic carbocycles. The summed E-state index contributed by atoms with van der Waals surface area (Å²) in [6.07, 6.45) is 7.37. The van der Waals surface area contributed by atoms with E-state index in [0.717, 1.165) is 5.01 Å². The number of nitrogens with one attached hydrogen (secondary N) is 1. The molecule has 0 saturated heterocycles. The predicted molar refractivity (Wildman–Crippen MR) is 71.2 cm³/mol. The molecule has 0 aromatic heterocycles. The van der Waals surface area contributed by atoms with E-state index in [2.05, 4.69) is 17.0 Å². The molecule has 2 amide bonds. The van der Waals surface area contributed by atoms with E-state index in [1.54, 1.807) is 19.1 Å². The van der Waals surface area contributed by atoms with Gasteiger partial charge in [0.15, 0.2) is 0 Å². The van der Waals surface area contributed by atoms with E-state index in [1.165, 1.54) is 12.3 Å². The lowest BCUT2D eigenvalue weighted by molar-refractivity contribution is -0.111. The Bertz CT molecular complexity index is 437. The molecule has 5 nitrogen and oxygen atoms in total. The van der Waals surface area contributed by atoms with Crippen LogP contribution in [0.1, 0.15) is 13.3 Å². The van der Waals surface area contributed by atoms with Crippen molar-refractivity contribution in [2.45, 2.75) is 19.4 Å². The maximum absolute atomic E-state index is 11.8. The fourth-order valence-corrected chi connectivity index (χ4v) is 1.35. The summed E-state index contributed by atoms with van der Waals surface area (Å²) in [4.78, 5) is 22.6. The number of urea groups is 1. The Labute approximate surface area is 110 Å². The summed E-state index contributed by atoms with van der Waals surface area (Å²) in [7, 11) is 0. The molecule has 96 valence electrons. The van der Waals surface area contributed by atoms with Gasteiger partial charge in [-0.05, 0) is 25.2 Å². The average Bonchev–Trinajstić information content (AvgIpc) is 2.82. The molecule has 0 radical (unpaired) electrons. The first-order valence-electron chi connectivity index (χ1n) is 5.33. The molecular weight excluding hydrogens is 254 g/mol. The summed E-state index contributed by atoms with van der Waals surface area (Å²) in [6.45, 7) is 5.29. The van der Waals surface area contributed by atoms with Crippen molar-refractivity contribution in [2.75, 3.05) is 0 Å². The Balaban J connectivity index is 2.71. The van der Waals surface area contributed by atoms with Crippen molar-refractivity contribution in [3.63, 3.8) is 0 Å². The minimum atomic E-state index is -0.540. The molecule has 0 aromatic rings. The lowest BCUT2D eigenvalue weighted by atomic mass is 10.2. The van der Waals surface area contributed by atoms with Crippen molar-refractivity contribution < 1.29 is 9.59 Å². The van der Waals surface area contributed by atoms with Crippen LogP contribution in [0.2, 0.25) is 0 Å². The van der Waals surface area contributed by atoms with Crippen molar-refractivity contribution in [1.29, 1.82) is 0 Å². The number of rotatable bonds is 4. The highest BCUT2D eigenvalue weighted by molar-refractivity contribution is 6.29. The second kappa shape index (κ2) is 6.76. The lowest BCUT2D eigenvalue weighted by Gasteiger charge is -2.17. The fourth-order valence-electron chi connectivity index (χ4n) is 1.29. The Kier molecular flexibility index (Phi) is 5.32. The molecule has 1 atom stereocenters. The highest BCUT2D eigenvalue weighted by atomic mass is 35.5. The van der Waals surface area contributed by atoms with E-state index in [4.69, 9.17) is 11.6 Å². The van der Waals surface area contributed by atoms with Gasteiger partial charge in [-0.1, -0.05) is 18.2 Å². The van der Waals surface area contributed by atoms with Gasteiger partial charge in [0, 0.05) is 23.4 Å². The zero-order valence-corrected chi connectivity index (χ0v) is 10.7. The van der Waals surface area contributed by atoms with Crippen molar-refractivity contribution in [3.05, 3.63) is 35.5 Å². The van der Waals surface area contributed by atoms with Crippen LogP contribution in [0.4, 0.5) is 4.79 Å². The predicted octanol–water partition coefficient (Wildman–Crippen LogP) is 2.17. The number of allylic oxidation sites excluding steroid dienone is 4. The summed E-state index contributed by atoms with van der Waals surface area (Å²) in [6, 6.07) is -1.02. The molecule has 1 N–H and O–H groups in total. The van der Waals surface area contributed by atoms with E-state index in [-0.39, 0.29) is 0 Å². The van der Waals surface area contributed by atoms with E-state index in [0.29, 0.717) is 23.4 Å². The van der Waals surface area contributed by atoms with Crippen LogP contribution in [0, 0.1) is 0 Å². The number of amides is 2. The van der Waals surface area contributed by atoms with Crippen LogP contribution in [-0.4, -0.2) is 29.6 Å². The zero-order valence-electron chi connectivity index (χ0n) is 9.97. The molecule has 1 aliphatic heterocycles. The van der Waals surface area contributed by atoms with Crippen molar-refractivity contribution in [3.8, 4) is 0 Å². The third kappa shape index (κ3) is 3.85. The Morgan fingerprint density at radius 3 is 2.89 bits per heavy atom. The summed E-state index contributed by atoms with van der Waals surface area (Å²) < 4.78 is 0. The van der Waals surface area contributed by atoms with Gasteiger partial charge in [0.2, 0.25) is 0 Å². The second-order valence-electron chi connectivity index (χ2n) is 3.59. The highest BCUT2D eigenvalue weighted by Gasteiger charge is 2.26. The molecule has 0 aliphatic carbocycles. The van der Waals surface area contributed by atoms with E-state index in [9.17, 15) is 9.59 Å². The van der Waals surface area contributed by atoms with Crippen LogP contribution in [0.25, 0.3) is 0 Å². The minimum Gasteiger partial charge on any atom is -0.306 e. The smallest absolute Gasteiger partial charge is 0.306 e. The van der Waals surface area contributed by atoms with Crippen LogP contribution in [0.15, 0.2) is 40.6 Å². The molecule has 1 rings (SSSR count). The first-order valence-corrected chi connectivity index (χ1v) is 5.70. The number of carbonyl (C=O) groups excluding carboxylic acids is 2. The number of aldehydes is 1. The molecule has 1 heterocycles. The molecule has 18 heavy (non-hydrogen) atoms. The van der Waals surface area contributed by atoms with Gasteiger partial charge < -0.3 is 10.1 Å². The van der Waals surface area contributed by atoms with Gasteiger partial charge in [-0.25, -0.2) is 9.80 Å². The normalized spacial score (nSPS) is 19.9. The average molecular weight is 268 g/mol. The summed E-state index contributed by atoms with van der Waals surface area (Å²) in [5, 5.41) is 8.09. The fraction of sp³-hybridized carbons (Fsp3) is 0.250. The number of carbonyl (C=O) groups is 2. The van der Waals surface area contributed by atoms with E-state index in [1.807, 2.05) is 0 Å². The van der Waals surface area contributed by atoms with Crippen LogP contribution in [0.3, 0.4) is 0 Å². The Hall–Kier alpha value is -1.88. The lowest BCUT2D eigenvalue weighted by Crippen LogP contribution is -2.40. The monoisotopic (exact) mass is 267 g/mol. The van der Waals surface area contributed by atoms with Gasteiger partial charge in [-0.15, -0.1) is 0 Å². The van der Waals surface area contributed by atoms with Crippen molar-refractivity contribution in [1.82, 2.24) is 10.3 Å². The SMILES string of the molecule is C=C/C(=C\C=C(/C)Cl)NC(=O)N1N=CCC1C=O. The third-order valence-electron chi connectivity index (χ3n) is 2.20. The molecule has 0 saturated carbocycles. The first-order chi connectivity index (χ1) is 8.58. The largest absolute Gasteiger partial charge is 0.342 e. The number of hydrogen-bond donors (Lipinski definition) is 1. The van der Waals surface area contributed by atoms with Gasteiger partial charge >= 0.3 is 6.03 Å². The minimum absolute atomic E-state index is 0.435. The van der Waals surface area contributed by atoms with Crippen LogP contribution >= 0.6 is 11.6 Å². The van der Waals surface area contributed by atoms with Crippen molar-refractivity contribution >= 4 is 30.1 Å². The third-order valence-corrected chi connectivity index (χ3v) is 2.32. The Morgan fingerprint density at radius 1 is 1.61 bits per heavy atom. The number of nitrogens with zero attached hydrogens (tertiary/aromatic N) is 2. The van der Waals surface area contributed by atoms with Gasteiger partial charge in [0.1, 0.15) is 12.3 Å². The zero-order chi connectivity index (χ0) is 13.5. The summed E-state index contributed by atoms with van der Waals surface area (Å²) in [5.41, 5.74) is 0.478. The van der Waals surface area contributed by atoms with E-state index >= 15 is 0 Å². The molecule has 1 unspecified atom stereocenters. The molecule has 0 spiro atoms. The summed E-state index contributed by atoms with van der Waals surface area (Å²) >= 11 is 5.68. The van der Waals surface area contributed by atoms with Crippen LogP contribution in [-0.2, 0) is 4.79 Å². The number of halogens is 1. The summed E-state index contributed by atoms with van der Waals surface area (Å²) in [5.74, 6) is 0. The highest BCUT2D eigenvalue weighted by Crippen LogP contribution is 2.10. The van der Waals surface area contributed by atoms with Crippen LogP contribution in [0.5, 0.6) is 0 Å². The Morgan fingerprint density at radius 2 is 2.33 bits per heavy atom. The van der Waals surface area contributed by atoms with Gasteiger partial charge in [0.25, 0.3) is 0 Å². The first kappa shape index (κ1) is 14.2. The standard InChI is InChI=1S/C12H14ClN3O2/c1-3-10(5-4-9(2)13)15-12(18)16-11(8-17)6-7-14-16/h3-5,7-8,11H,1,6H2,2H3,(H,15,18)/b9-4+,10-5+. The molecule has 6 heteroatoms. The maximum atomic E-state index is 11.8. The molecule has 0 fully saturated rings. The van der Waals surface area contributed by atoms with Crippen LogP contribution < -0.4 is 5.32 Å². The molecule has 1 aliphatic rings.